The molecule has 3 aromatic rings. The van der Waals surface area contributed by atoms with E-state index in [0.717, 1.165) is 12.0 Å². The lowest BCUT2D eigenvalue weighted by Crippen LogP contribution is -2.27. The highest BCUT2D eigenvalue weighted by Crippen LogP contribution is 2.24. The summed E-state index contributed by atoms with van der Waals surface area (Å²) in [5, 5.41) is 5.62. The van der Waals surface area contributed by atoms with Crippen LogP contribution in [0.15, 0.2) is 72.8 Å². The molecule has 29 heavy (non-hydrogen) atoms. The Morgan fingerprint density at radius 2 is 1.55 bits per heavy atom. The highest BCUT2D eigenvalue weighted by atomic mass is 16.5. The number of pyridine rings is 1. The maximum Gasteiger partial charge on any atom is 0.274 e. The fourth-order valence-corrected chi connectivity index (χ4v) is 2.78. The number of hydrogen-bond acceptors (Lipinski definition) is 4. The van der Waals surface area contributed by atoms with Gasteiger partial charge in [-0.1, -0.05) is 48.5 Å². The summed E-state index contributed by atoms with van der Waals surface area (Å²) < 4.78 is 5.52. The minimum atomic E-state index is -0.406. The van der Waals surface area contributed by atoms with Gasteiger partial charge in [0.2, 0.25) is 0 Å². The average Bonchev–Trinajstić information content (AvgIpc) is 2.76. The molecule has 6 heteroatoms. The summed E-state index contributed by atoms with van der Waals surface area (Å²) in [6.45, 7) is 2.85. The Kier molecular flexibility index (Phi) is 6.95. The molecule has 2 N–H and O–H groups in total. The molecular formula is C23H23N3O3. The minimum absolute atomic E-state index is 0.159. The first kappa shape index (κ1) is 20.1. The van der Waals surface area contributed by atoms with Crippen LogP contribution in [0.1, 0.15) is 33.5 Å². The Balaban J connectivity index is 1.62. The smallest absolute Gasteiger partial charge is 0.274 e. The Hall–Kier alpha value is -3.67. The quantitative estimate of drug-likeness (QED) is 0.616. The summed E-state index contributed by atoms with van der Waals surface area (Å²) in [6, 6.07) is 21.9. The predicted octanol–water partition coefficient (Wildman–Crippen LogP) is 3.71. The van der Waals surface area contributed by atoms with Crippen molar-refractivity contribution in [1.82, 2.24) is 10.3 Å². The average molecular weight is 389 g/mol. The number of hydrogen-bond donors (Lipinski definition) is 2. The summed E-state index contributed by atoms with van der Waals surface area (Å²) in [5.41, 5.74) is 2.05. The SMILES string of the molecule is CCOc1ccccc1NC(=O)c1cccc(C(=O)NCCc2ccccc2)n1. The molecule has 0 radical (unpaired) electrons. The van der Waals surface area contributed by atoms with Crippen LogP contribution in [-0.2, 0) is 6.42 Å². The molecule has 0 unspecified atom stereocenters. The van der Waals surface area contributed by atoms with E-state index in [1.165, 1.54) is 0 Å². The second-order valence-electron chi connectivity index (χ2n) is 6.28. The monoisotopic (exact) mass is 389 g/mol. The summed E-state index contributed by atoms with van der Waals surface area (Å²) in [6.07, 6.45) is 0.723. The third kappa shape index (κ3) is 5.65. The molecule has 0 aliphatic carbocycles. The molecule has 0 atom stereocenters. The fourth-order valence-electron chi connectivity index (χ4n) is 2.78. The molecule has 0 saturated carbocycles. The number of amides is 2. The number of para-hydroxylation sites is 2. The number of ether oxygens (including phenoxy) is 1. The third-order valence-electron chi connectivity index (χ3n) is 4.19. The van der Waals surface area contributed by atoms with E-state index >= 15 is 0 Å². The molecule has 0 fully saturated rings. The highest BCUT2D eigenvalue weighted by molar-refractivity contribution is 6.04. The lowest BCUT2D eigenvalue weighted by atomic mass is 10.1. The van der Waals surface area contributed by atoms with E-state index in [-0.39, 0.29) is 17.3 Å². The molecule has 0 saturated heterocycles. The van der Waals surface area contributed by atoms with Crippen LogP contribution < -0.4 is 15.4 Å². The normalized spacial score (nSPS) is 10.2. The van der Waals surface area contributed by atoms with Crippen LogP contribution >= 0.6 is 0 Å². The Morgan fingerprint density at radius 1 is 0.862 bits per heavy atom. The molecule has 1 heterocycles. The first-order valence-corrected chi connectivity index (χ1v) is 9.49. The van der Waals surface area contributed by atoms with Crippen molar-refractivity contribution in [2.24, 2.45) is 0 Å². The number of carbonyl (C=O) groups excluding carboxylic acids is 2. The van der Waals surface area contributed by atoms with Gasteiger partial charge in [-0.3, -0.25) is 9.59 Å². The molecule has 148 valence electrons. The van der Waals surface area contributed by atoms with Gasteiger partial charge in [0.05, 0.1) is 12.3 Å². The molecule has 0 aliphatic rings. The Bertz CT molecular complexity index is 974. The maximum absolute atomic E-state index is 12.6. The zero-order valence-corrected chi connectivity index (χ0v) is 16.2. The first-order valence-electron chi connectivity index (χ1n) is 9.49. The zero-order valence-electron chi connectivity index (χ0n) is 16.2. The van der Waals surface area contributed by atoms with E-state index in [1.54, 1.807) is 30.3 Å². The highest BCUT2D eigenvalue weighted by Gasteiger charge is 2.14. The third-order valence-corrected chi connectivity index (χ3v) is 4.19. The standard InChI is InChI=1S/C23H23N3O3/c1-2-29-21-14-7-6-11-18(21)26-23(28)20-13-8-12-19(25-20)22(27)24-16-15-17-9-4-3-5-10-17/h3-14H,2,15-16H2,1H3,(H,24,27)(H,26,28). The van der Waals surface area contributed by atoms with Crippen molar-refractivity contribution in [3.63, 3.8) is 0 Å². The van der Waals surface area contributed by atoms with E-state index in [9.17, 15) is 9.59 Å². The van der Waals surface area contributed by atoms with Crippen LogP contribution in [0.3, 0.4) is 0 Å². The van der Waals surface area contributed by atoms with E-state index < -0.39 is 5.91 Å². The lowest BCUT2D eigenvalue weighted by molar-refractivity contribution is 0.0949. The lowest BCUT2D eigenvalue weighted by Gasteiger charge is -2.11. The molecule has 1 aromatic heterocycles. The van der Waals surface area contributed by atoms with Crippen LogP contribution in [0.25, 0.3) is 0 Å². The number of rotatable bonds is 8. The van der Waals surface area contributed by atoms with E-state index in [4.69, 9.17) is 4.74 Å². The van der Waals surface area contributed by atoms with Crippen molar-refractivity contribution >= 4 is 17.5 Å². The zero-order chi connectivity index (χ0) is 20.5. The molecule has 0 bridgehead atoms. The fraction of sp³-hybridized carbons (Fsp3) is 0.174. The van der Waals surface area contributed by atoms with Crippen LogP contribution in [0, 0.1) is 0 Å². The molecular weight excluding hydrogens is 366 g/mol. The van der Waals surface area contributed by atoms with E-state index in [0.29, 0.717) is 24.6 Å². The number of anilines is 1. The Labute approximate surface area is 169 Å². The van der Waals surface area contributed by atoms with Crippen LogP contribution in [-0.4, -0.2) is 29.9 Å². The van der Waals surface area contributed by atoms with Crippen molar-refractivity contribution in [3.8, 4) is 5.75 Å². The van der Waals surface area contributed by atoms with Gasteiger partial charge in [-0.15, -0.1) is 0 Å². The van der Waals surface area contributed by atoms with Crippen molar-refractivity contribution in [3.05, 3.63) is 89.7 Å². The van der Waals surface area contributed by atoms with E-state index in [1.807, 2.05) is 49.4 Å². The van der Waals surface area contributed by atoms with Gasteiger partial charge in [0.25, 0.3) is 11.8 Å². The van der Waals surface area contributed by atoms with Crippen LogP contribution in [0.4, 0.5) is 5.69 Å². The number of aromatic nitrogens is 1. The topological polar surface area (TPSA) is 80.3 Å². The summed E-state index contributed by atoms with van der Waals surface area (Å²) in [7, 11) is 0. The molecule has 2 aromatic carbocycles. The minimum Gasteiger partial charge on any atom is -0.492 e. The van der Waals surface area contributed by atoms with Gasteiger partial charge in [-0.25, -0.2) is 4.98 Å². The van der Waals surface area contributed by atoms with Crippen molar-refractivity contribution in [1.29, 1.82) is 0 Å². The second-order valence-corrected chi connectivity index (χ2v) is 6.28. The van der Waals surface area contributed by atoms with Crippen LogP contribution in [0.2, 0.25) is 0 Å². The maximum atomic E-state index is 12.6. The number of carbonyl (C=O) groups is 2. The largest absolute Gasteiger partial charge is 0.492 e. The molecule has 3 rings (SSSR count). The first-order chi connectivity index (χ1) is 14.2. The number of nitrogens with zero attached hydrogens (tertiary/aromatic N) is 1. The number of nitrogens with one attached hydrogen (secondary N) is 2. The summed E-state index contributed by atoms with van der Waals surface area (Å²) >= 11 is 0. The Morgan fingerprint density at radius 3 is 2.31 bits per heavy atom. The van der Waals surface area contributed by atoms with Gasteiger partial charge in [0, 0.05) is 6.54 Å². The van der Waals surface area contributed by atoms with Crippen molar-refractivity contribution in [2.75, 3.05) is 18.5 Å². The molecule has 6 nitrogen and oxygen atoms in total. The van der Waals surface area contributed by atoms with E-state index in [2.05, 4.69) is 15.6 Å². The van der Waals surface area contributed by atoms with Gasteiger partial charge < -0.3 is 15.4 Å². The van der Waals surface area contributed by atoms with Gasteiger partial charge in [-0.05, 0) is 43.2 Å². The molecule has 2 amide bonds. The van der Waals surface area contributed by atoms with Crippen molar-refractivity contribution < 1.29 is 14.3 Å². The van der Waals surface area contributed by atoms with Gasteiger partial charge in [0.1, 0.15) is 17.1 Å². The van der Waals surface area contributed by atoms with Crippen molar-refractivity contribution in [2.45, 2.75) is 13.3 Å². The summed E-state index contributed by atoms with van der Waals surface area (Å²) in [4.78, 5) is 29.2. The van der Waals surface area contributed by atoms with Gasteiger partial charge >= 0.3 is 0 Å². The second kappa shape index (κ2) is 10.0. The van der Waals surface area contributed by atoms with Crippen LogP contribution in [0.5, 0.6) is 5.75 Å². The van der Waals surface area contributed by atoms with Gasteiger partial charge in [0.15, 0.2) is 0 Å². The molecule has 0 spiro atoms. The number of benzene rings is 2. The summed E-state index contributed by atoms with van der Waals surface area (Å²) in [5.74, 6) is -0.139. The molecule has 0 aliphatic heterocycles. The predicted molar refractivity (Wildman–Crippen MR) is 112 cm³/mol. The van der Waals surface area contributed by atoms with Gasteiger partial charge in [-0.2, -0.15) is 0 Å².